The highest BCUT2D eigenvalue weighted by atomic mass is 127. The molecule has 3 N–H and O–H groups in total. The maximum Gasteiger partial charge on any atom is 0.243 e. The fourth-order valence-corrected chi connectivity index (χ4v) is 2.89. The van der Waals surface area contributed by atoms with Gasteiger partial charge in [-0.1, -0.05) is 30.3 Å². The molecule has 0 heterocycles. The molecule has 0 saturated heterocycles. The summed E-state index contributed by atoms with van der Waals surface area (Å²) in [4.78, 5) is 16.2. The minimum absolute atomic E-state index is 0. The second kappa shape index (κ2) is 9.68. The van der Waals surface area contributed by atoms with E-state index < -0.39 is 0 Å². The van der Waals surface area contributed by atoms with E-state index in [1.54, 1.807) is 7.05 Å². The van der Waals surface area contributed by atoms with Crippen LogP contribution in [0, 0.1) is 5.82 Å². The Labute approximate surface area is 175 Å². The first-order valence-corrected chi connectivity index (χ1v) is 8.67. The van der Waals surface area contributed by atoms with Gasteiger partial charge in [-0.3, -0.25) is 9.79 Å². The van der Waals surface area contributed by atoms with Crippen molar-refractivity contribution in [1.82, 2.24) is 10.6 Å². The van der Waals surface area contributed by atoms with Crippen LogP contribution in [-0.4, -0.2) is 32.0 Å². The fraction of sp³-hybridized carbons (Fsp3) is 0.300. The molecular formula is C20H24FIN4O. The second-order valence-corrected chi connectivity index (χ2v) is 6.48. The first-order valence-electron chi connectivity index (χ1n) is 8.67. The van der Waals surface area contributed by atoms with Crippen molar-refractivity contribution in [2.24, 2.45) is 4.99 Å². The standard InChI is InChI=1S/C20H23FN4O.HI/c1-22-19(23-13-18(26)25-17-9-7-16(21)8-10-17)24-14-20(11-12-20)15-5-3-2-4-6-15;/h2-10H,11-14H2,1H3,(H,25,26)(H2,22,23,24);1H. The van der Waals surface area contributed by atoms with Crippen LogP contribution in [0.4, 0.5) is 10.1 Å². The van der Waals surface area contributed by atoms with Crippen LogP contribution in [0.2, 0.25) is 0 Å². The molecule has 1 aliphatic carbocycles. The van der Waals surface area contributed by atoms with Crippen LogP contribution in [0.5, 0.6) is 0 Å². The highest BCUT2D eigenvalue weighted by Gasteiger charge is 2.43. The molecule has 144 valence electrons. The zero-order valence-corrected chi connectivity index (χ0v) is 17.5. The normalized spacial score (nSPS) is 14.7. The number of rotatable bonds is 6. The Bertz CT molecular complexity index is 776. The molecule has 0 unspecified atom stereocenters. The number of hydrogen-bond donors (Lipinski definition) is 3. The predicted molar refractivity (Wildman–Crippen MR) is 117 cm³/mol. The summed E-state index contributed by atoms with van der Waals surface area (Å²) in [6.07, 6.45) is 2.29. The van der Waals surface area contributed by atoms with E-state index in [9.17, 15) is 9.18 Å². The molecule has 2 aromatic carbocycles. The van der Waals surface area contributed by atoms with Gasteiger partial charge in [0.25, 0.3) is 0 Å². The van der Waals surface area contributed by atoms with Crippen LogP contribution in [0.1, 0.15) is 18.4 Å². The van der Waals surface area contributed by atoms with Gasteiger partial charge in [0.2, 0.25) is 5.91 Å². The molecule has 0 atom stereocenters. The van der Waals surface area contributed by atoms with E-state index in [1.165, 1.54) is 29.8 Å². The third-order valence-electron chi connectivity index (χ3n) is 4.60. The molecule has 0 bridgehead atoms. The highest BCUT2D eigenvalue weighted by Crippen LogP contribution is 2.47. The quantitative estimate of drug-likeness (QED) is 0.337. The number of benzene rings is 2. The smallest absolute Gasteiger partial charge is 0.243 e. The van der Waals surface area contributed by atoms with Gasteiger partial charge in [-0.2, -0.15) is 0 Å². The van der Waals surface area contributed by atoms with Crippen molar-refractivity contribution in [1.29, 1.82) is 0 Å². The average Bonchev–Trinajstić information content (AvgIpc) is 3.46. The van der Waals surface area contributed by atoms with Crippen molar-refractivity contribution >= 4 is 41.5 Å². The topological polar surface area (TPSA) is 65.5 Å². The van der Waals surface area contributed by atoms with Gasteiger partial charge in [-0.05, 0) is 42.7 Å². The van der Waals surface area contributed by atoms with Crippen LogP contribution in [0.3, 0.4) is 0 Å². The molecule has 0 radical (unpaired) electrons. The van der Waals surface area contributed by atoms with Gasteiger partial charge in [0, 0.05) is 24.7 Å². The third kappa shape index (κ3) is 5.92. The average molecular weight is 482 g/mol. The van der Waals surface area contributed by atoms with Crippen LogP contribution >= 0.6 is 24.0 Å². The molecule has 3 rings (SSSR count). The van der Waals surface area contributed by atoms with Gasteiger partial charge >= 0.3 is 0 Å². The van der Waals surface area contributed by atoms with Gasteiger partial charge in [-0.25, -0.2) is 4.39 Å². The molecular weight excluding hydrogens is 458 g/mol. The molecule has 1 saturated carbocycles. The summed E-state index contributed by atoms with van der Waals surface area (Å²) in [5.41, 5.74) is 2.05. The molecule has 0 aromatic heterocycles. The van der Waals surface area contributed by atoms with E-state index in [-0.39, 0.29) is 47.7 Å². The first-order chi connectivity index (χ1) is 12.6. The largest absolute Gasteiger partial charge is 0.356 e. The van der Waals surface area contributed by atoms with E-state index in [0.717, 1.165) is 19.4 Å². The Hall–Kier alpha value is -2.16. The van der Waals surface area contributed by atoms with Gasteiger partial charge in [-0.15, -0.1) is 24.0 Å². The minimum Gasteiger partial charge on any atom is -0.356 e. The molecule has 2 aromatic rings. The molecule has 1 aliphatic rings. The maximum absolute atomic E-state index is 12.9. The van der Waals surface area contributed by atoms with Crippen molar-refractivity contribution in [3.63, 3.8) is 0 Å². The fourth-order valence-electron chi connectivity index (χ4n) is 2.89. The summed E-state index contributed by atoms with van der Waals surface area (Å²) in [5.74, 6) is 0.0309. The lowest BCUT2D eigenvalue weighted by atomic mass is 9.96. The molecule has 5 nitrogen and oxygen atoms in total. The number of amides is 1. The van der Waals surface area contributed by atoms with Crippen molar-refractivity contribution < 1.29 is 9.18 Å². The van der Waals surface area contributed by atoms with Crippen LogP contribution < -0.4 is 16.0 Å². The number of carbonyl (C=O) groups is 1. The number of nitrogens with one attached hydrogen (secondary N) is 3. The summed E-state index contributed by atoms with van der Waals surface area (Å²) in [6.45, 7) is 0.853. The highest BCUT2D eigenvalue weighted by molar-refractivity contribution is 14.0. The SMILES string of the molecule is CN=C(NCC(=O)Nc1ccc(F)cc1)NCC1(c2ccccc2)CC1.I. The van der Waals surface area contributed by atoms with Crippen molar-refractivity contribution in [2.75, 3.05) is 25.5 Å². The van der Waals surface area contributed by atoms with Crippen LogP contribution in [0.15, 0.2) is 59.6 Å². The number of nitrogens with zero attached hydrogens (tertiary/aromatic N) is 1. The second-order valence-electron chi connectivity index (χ2n) is 6.48. The van der Waals surface area contributed by atoms with E-state index in [2.05, 4.69) is 45.2 Å². The zero-order valence-electron chi connectivity index (χ0n) is 15.2. The molecule has 1 fully saturated rings. The van der Waals surface area contributed by atoms with E-state index in [0.29, 0.717) is 11.6 Å². The van der Waals surface area contributed by atoms with Crippen molar-refractivity contribution in [3.05, 3.63) is 66.0 Å². The summed E-state index contributed by atoms with van der Waals surface area (Å²) in [5, 5.41) is 9.02. The van der Waals surface area contributed by atoms with Crippen LogP contribution in [-0.2, 0) is 10.2 Å². The number of aliphatic imine (C=N–C) groups is 1. The first kappa shape index (κ1) is 21.1. The lowest BCUT2D eigenvalue weighted by molar-refractivity contribution is -0.115. The Kier molecular flexibility index (Phi) is 7.58. The van der Waals surface area contributed by atoms with Gasteiger partial charge in [0.1, 0.15) is 5.82 Å². The Morgan fingerprint density at radius 3 is 2.33 bits per heavy atom. The summed E-state index contributed by atoms with van der Waals surface area (Å²) < 4.78 is 12.9. The molecule has 7 heteroatoms. The van der Waals surface area contributed by atoms with Gasteiger partial charge in [0.15, 0.2) is 5.96 Å². The Morgan fingerprint density at radius 1 is 1.07 bits per heavy atom. The van der Waals surface area contributed by atoms with Crippen LogP contribution in [0.25, 0.3) is 0 Å². The van der Waals surface area contributed by atoms with Gasteiger partial charge in [0.05, 0.1) is 6.54 Å². The van der Waals surface area contributed by atoms with E-state index >= 15 is 0 Å². The number of anilines is 1. The third-order valence-corrected chi connectivity index (χ3v) is 4.60. The number of halogens is 2. The molecule has 1 amide bonds. The number of guanidine groups is 1. The maximum atomic E-state index is 12.9. The summed E-state index contributed by atoms with van der Waals surface area (Å²) >= 11 is 0. The van der Waals surface area contributed by atoms with Gasteiger partial charge < -0.3 is 16.0 Å². The van der Waals surface area contributed by atoms with E-state index in [1.807, 2.05) is 6.07 Å². The minimum atomic E-state index is -0.335. The van der Waals surface area contributed by atoms with Crippen molar-refractivity contribution in [3.8, 4) is 0 Å². The molecule has 0 spiro atoms. The summed E-state index contributed by atoms with van der Waals surface area (Å²) in [7, 11) is 1.68. The zero-order chi connectivity index (χ0) is 18.4. The Morgan fingerprint density at radius 2 is 1.74 bits per heavy atom. The predicted octanol–water partition coefficient (Wildman–Crippen LogP) is 3.28. The number of hydrogen-bond acceptors (Lipinski definition) is 2. The van der Waals surface area contributed by atoms with E-state index in [4.69, 9.17) is 0 Å². The molecule has 0 aliphatic heterocycles. The monoisotopic (exact) mass is 482 g/mol. The van der Waals surface area contributed by atoms with Crippen molar-refractivity contribution in [2.45, 2.75) is 18.3 Å². The Balaban J connectivity index is 0.00000261. The summed E-state index contributed by atoms with van der Waals surface area (Å²) in [6, 6.07) is 16.1. The lowest BCUT2D eigenvalue weighted by Crippen LogP contribution is -2.44. The molecule has 27 heavy (non-hydrogen) atoms. The number of carbonyl (C=O) groups excluding carboxylic acids is 1. The lowest BCUT2D eigenvalue weighted by Gasteiger charge is -2.19.